The van der Waals surface area contributed by atoms with Crippen LogP contribution in [-0.4, -0.2) is 57.4 Å². The summed E-state index contributed by atoms with van der Waals surface area (Å²) in [6.45, 7) is 5.29. The largest absolute Gasteiger partial charge is 0.340 e. The van der Waals surface area contributed by atoms with Crippen molar-refractivity contribution >= 4 is 15.9 Å². The third-order valence-electron chi connectivity index (χ3n) is 4.70. The van der Waals surface area contributed by atoms with E-state index < -0.39 is 10.0 Å². The van der Waals surface area contributed by atoms with Crippen molar-refractivity contribution in [3.8, 4) is 0 Å². The molecule has 1 aromatic carbocycles. The molecule has 23 heavy (non-hydrogen) atoms. The Kier molecular flexibility index (Phi) is 5.13. The molecule has 0 radical (unpaired) electrons. The van der Waals surface area contributed by atoms with E-state index in [1.165, 1.54) is 12.1 Å². The zero-order valence-electron chi connectivity index (χ0n) is 14.2. The van der Waals surface area contributed by atoms with Gasteiger partial charge in [0.1, 0.15) is 0 Å². The zero-order valence-corrected chi connectivity index (χ0v) is 15.0. The average Bonchev–Trinajstić information content (AvgIpc) is 2.85. The Morgan fingerprint density at radius 1 is 1.39 bits per heavy atom. The van der Waals surface area contributed by atoms with Crippen LogP contribution in [0, 0.1) is 13.8 Å². The number of hydrogen-bond donors (Lipinski definition) is 1. The summed E-state index contributed by atoms with van der Waals surface area (Å²) in [4.78, 5) is 16.7. The van der Waals surface area contributed by atoms with Gasteiger partial charge in [0, 0.05) is 25.2 Å². The van der Waals surface area contributed by atoms with Crippen molar-refractivity contribution in [2.75, 3.05) is 27.2 Å². The Bertz CT molecular complexity index is 716. The fraction of sp³-hybridized carbons (Fsp3) is 0.562. The molecule has 1 fully saturated rings. The van der Waals surface area contributed by atoms with E-state index in [9.17, 15) is 13.2 Å². The third-order valence-corrected chi connectivity index (χ3v) is 5.60. The van der Waals surface area contributed by atoms with Gasteiger partial charge in [0.2, 0.25) is 10.0 Å². The quantitative estimate of drug-likeness (QED) is 0.891. The second-order valence-electron chi connectivity index (χ2n) is 6.42. The third kappa shape index (κ3) is 3.91. The van der Waals surface area contributed by atoms with Crippen molar-refractivity contribution in [2.45, 2.75) is 37.6 Å². The molecule has 1 unspecified atom stereocenters. The minimum absolute atomic E-state index is 0.0182. The zero-order chi connectivity index (χ0) is 17.4. The van der Waals surface area contributed by atoms with E-state index in [0.717, 1.165) is 30.5 Å². The van der Waals surface area contributed by atoms with Crippen LogP contribution < -0.4 is 5.14 Å². The minimum atomic E-state index is -3.83. The van der Waals surface area contributed by atoms with E-state index in [0.29, 0.717) is 18.2 Å². The Hall–Kier alpha value is -1.44. The smallest absolute Gasteiger partial charge is 0.253 e. The van der Waals surface area contributed by atoms with Crippen LogP contribution in [0.5, 0.6) is 0 Å². The highest BCUT2D eigenvalue weighted by Gasteiger charge is 2.25. The van der Waals surface area contributed by atoms with Crippen molar-refractivity contribution in [1.82, 2.24) is 9.80 Å². The maximum atomic E-state index is 12.8. The van der Waals surface area contributed by atoms with Crippen molar-refractivity contribution in [1.29, 1.82) is 0 Å². The SMILES string of the molecule is Cc1cc(S(N)(=O)=O)cc(C(=O)N(C)CC2CCCN2C)c1C. The van der Waals surface area contributed by atoms with Gasteiger partial charge in [-0.3, -0.25) is 4.79 Å². The van der Waals surface area contributed by atoms with E-state index in [4.69, 9.17) is 5.14 Å². The van der Waals surface area contributed by atoms with Gasteiger partial charge in [0.25, 0.3) is 5.91 Å². The van der Waals surface area contributed by atoms with E-state index in [1.54, 1.807) is 18.9 Å². The molecule has 0 bridgehead atoms. The number of benzene rings is 1. The monoisotopic (exact) mass is 339 g/mol. The summed E-state index contributed by atoms with van der Waals surface area (Å²) in [5, 5.41) is 5.21. The van der Waals surface area contributed by atoms with Crippen LogP contribution in [0.2, 0.25) is 0 Å². The summed E-state index contributed by atoms with van der Waals surface area (Å²) in [6.07, 6.45) is 2.21. The highest BCUT2D eigenvalue weighted by atomic mass is 32.2. The number of carbonyl (C=O) groups is 1. The fourth-order valence-corrected chi connectivity index (χ4v) is 3.65. The standard InChI is InChI=1S/C16H25N3O3S/c1-11-8-14(23(17,21)22)9-15(12(11)2)16(20)19(4)10-13-6-5-7-18(13)3/h8-9,13H,5-7,10H2,1-4H3,(H2,17,21,22). The number of amides is 1. The Labute approximate surface area is 138 Å². The Balaban J connectivity index is 2.29. The van der Waals surface area contributed by atoms with Gasteiger partial charge in [0.05, 0.1) is 4.90 Å². The predicted molar refractivity (Wildman–Crippen MR) is 89.9 cm³/mol. The normalized spacial score (nSPS) is 19.1. The summed E-state index contributed by atoms with van der Waals surface area (Å²) >= 11 is 0. The van der Waals surface area contributed by atoms with Crippen LogP contribution in [0.4, 0.5) is 0 Å². The van der Waals surface area contributed by atoms with Gasteiger partial charge in [-0.1, -0.05) is 0 Å². The summed E-state index contributed by atoms with van der Waals surface area (Å²) in [5.41, 5.74) is 1.93. The number of primary sulfonamides is 1. The molecule has 2 N–H and O–H groups in total. The molecule has 1 amide bonds. The minimum Gasteiger partial charge on any atom is -0.340 e. The number of sulfonamides is 1. The first-order valence-electron chi connectivity index (χ1n) is 7.71. The number of aryl methyl sites for hydroxylation is 1. The maximum absolute atomic E-state index is 12.8. The summed E-state index contributed by atoms with van der Waals surface area (Å²) in [7, 11) is -0.0146. The van der Waals surface area contributed by atoms with Gasteiger partial charge >= 0.3 is 0 Å². The number of nitrogens with zero attached hydrogens (tertiary/aromatic N) is 2. The fourth-order valence-electron chi connectivity index (χ4n) is 3.03. The number of rotatable bonds is 4. The highest BCUT2D eigenvalue weighted by molar-refractivity contribution is 7.89. The van der Waals surface area contributed by atoms with Crippen LogP contribution in [-0.2, 0) is 10.0 Å². The van der Waals surface area contributed by atoms with E-state index in [-0.39, 0.29) is 10.8 Å². The molecule has 7 heteroatoms. The van der Waals surface area contributed by atoms with Crippen LogP contribution in [0.25, 0.3) is 0 Å². The predicted octanol–water partition coefficient (Wildman–Crippen LogP) is 1.12. The molecule has 1 atom stereocenters. The molecule has 0 aliphatic carbocycles. The first-order valence-corrected chi connectivity index (χ1v) is 9.25. The first kappa shape index (κ1) is 17.9. The van der Waals surface area contributed by atoms with Crippen molar-refractivity contribution in [3.05, 3.63) is 28.8 Å². The molecule has 1 saturated heterocycles. The second-order valence-corrected chi connectivity index (χ2v) is 7.98. The molecule has 1 heterocycles. The van der Waals surface area contributed by atoms with Gasteiger partial charge in [-0.2, -0.15) is 0 Å². The Morgan fingerprint density at radius 2 is 2.04 bits per heavy atom. The number of hydrogen-bond acceptors (Lipinski definition) is 4. The Morgan fingerprint density at radius 3 is 2.57 bits per heavy atom. The van der Waals surface area contributed by atoms with Gasteiger partial charge in [-0.05, 0) is 63.5 Å². The summed E-state index contributed by atoms with van der Waals surface area (Å²) in [6, 6.07) is 3.24. The van der Waals surface area contributed by atoms with Gasteiger partial charge in [-0.15, -0.1) is 0 Å². The van der Waals surface area contributed by atoms with Gasteiger partial charge in [-0.25, -0.2) is 13.6 Å². The summed E-state index contributed by atoms with van der Waals surface area (Å²) in [5.74, 6) is -0.170. The molecular formula is C16H25N3O3S. The van der Waals surface area contributed by atoms with Crippen molar-refractivity contribution < 1.29 is 13.2 Å². The van der Waals surface area contributed by atoms with Crippen molar-refractivity contribution in [2.24, 2.45) is 5.14 Å². The molecule has 1 aliphatic rings. The van der Waals surface area contributed by atoms with Crippen LogP contribution in [0.3, 0.4) is 0 Å². The molecule has 2 rings (SSSR count). The highest BCUT2D eigenvalue weighted by Crippen LogP contribution is 2.22. The first-order chi connectivity index (χ1) is 10.6. The van der Waals surface area contributed by atoms with Gasteiger partial charge in [0.15, 0.2) is 0 Å². The van der Waals surface area contributed by atoms with E-state index in [2.05, 4.69) is 11.9 Å². The maximum Gasteiger partial charge on any atom is 0.253 e. The second kappa shape index (κ2) is 6.59. The lowest BCUT2D eigenvalue weighted by Gasteiger charge is -2.26. The molecule has 0 saturated carbocycles. The van der Waals surface area contributed by atoms with Crippen LogP contribution in [0.1, 0.15) is 34.3 Å². The average molecular weight is 339 g/mol. The lowest BCUT2D eigenvalue weighted by atomic mass is 10.0. The number of likely N-dealkylation sites (tertiary alicyclic amines) is 1. The number of nitrogens with two attached hydrogens (primary N) is 1. The van der Waals surface area contributed by atoms with E-state index in [1.807, 2.05) is 6.92 Å². The molecule has 128 valence electrons. The lowest BCUT2D eigenvalue weighted by molar-refractivity contribution is 0.0760. The van der Waals surface area contributed by atoms with E-state index >= 15 is 0 Å². The summed E-state index contributed by atoms with van der Waals surface area (Å²) < 4.78 is 23.2. The molecule has 0 spiro atoms. The molecule has 0 aromatic heterocycles. The number of carbonyl (C=O) groups excluding carboxylic acids is 1. The molecule has 1 aliphatic heterocycles. The molecule has 6 nitrogen and oxygen atoms in total. The van der Waals surface area contributed by atoms with Gasteiger partial charge < -0.3 is 9.80 Å². The molecule has 1 aromatic rings. The number of likely N-dealkylation sites (N-methyl/N-ethyl adjacent to an activating group) is 2. The molecular weight excluding hydrogens is 314 g/mol. The van der Waals surface area contributed by atoms with Crippen LogP contribution in [0.15, 0.2) is 17.0 Å². The van der Waals surface area contributed by atoms with Crippen LogP contribution >= 0.6 is 0 Å². The topological polar surface area (TPSA) is 83.7 Å². The van der Waals surface area contributed by atoms with Crippen molar-refractivity contribution in [3.63, 3.8) is 0 Å². The lowest BCUT2D eigenvalue weighted by Crippen LogP contribution is -2.39.